The van der Waals surface area contributed by atoms with E-state index in [4.69, 9.17) is 10.00 Å². The van der Waals surface area contributed by atoms with E-state index in [0.717, 1.165) is 4.47 Å². The van der Waals surface area contributed by atoms with Gasteiger partial charge in [-0.1, -0.05) is 29.8 Å². The molecule has 3 aromatic rings. The summed E-state index contributed by atoms with van der Waals surface area (Å²) in [7, 11) is 0. The monoisotopic (exact) mass is 469 g/mol. The Bertz CT molecular complexity index is 1260. The number of nitro groups is 1. The van der Waals surface area contributed by atoms with Crippen LogP contribution in [0.3, 0.4) is 0 Å². The normalized spacial score (nSPS) is 11.2. The van der Waals surface area contributed by atoms with Gasteiger partial charge in [0, 0.05) is 22.0 Å². The fourth-order valence-electron chi connectivity index (χ4n) is 2.77. The molecule has 152 valence electrons. The van der Waals surface area contributed by atoms with E-state index in [-0.39, 0.29) is 29.5 Å². The van der Waals surface area contributed by atoms with Crippen LogP contribution < -0.4 is 10.3 Å². The molecule has 0 spiro atoms. The van der Waals surface area contributed by atoms with Gasteiger partial charge in [0.05, 0.1) is 22.0 Å². The molecule has 0 atom stereocenters. The third-order valence-corrected chi connectivity index (χ3v) is 4.64. The molecule has 0 radical (unpaired) electrons. The van der Waals surface area contributed by atoms with Crippen LogP contribution in [0, 0.1) is 21.4 Å². The van der Waals surface area contributed by atoms with Gasteiger partial charge in [0.1, 0.15) is 11.9 Å². The smallest absolute Gasteiger partial charge is 0.311 e. The SMILES string of the molecule is CC(C)c1nc2ccc(Br)cc2c(=O)n1N=Cc1ccc(OCC#N)c([N+](=O)[O-])c1. The van der Waals surface area contributed by atoms with Crippen LogP contribution in [0.1, 0.15) is 31.2 Å². The summed E-state index contributed by atoms with van der Waals surface area (Å²) in [5.74, 6) is 0.365. The van der Waals surface area contributed by atoms with Gasteiger partial charge in [0.15, 0.2) is 12.4 Å². The molecule has 1 aromatic heterocycles. The lowest BCUT2D eigenvalue weighted by atomic mass is 10.2. The van der Waals surface area contributed by atoms with Crippen molar-refractivity contribution in [3.63, 3.8) is 0 Å². The summed E-state index contributed by atoms with van der Waals surface area (Å²) in [5.41, 5.74) is 0.311. The highest BCUT2D eigenvalue weighted by atomic mass is 79.9. The average molecular weight is 470 g/mol. The zero-order chi connectivity index (χ0) is 21.8. The van der Waals surface area contributed by atoms with Crippen molar-refractivity contribution in [3.8, 4) is 11.8 Å². The number of rotatable bonds is 6. The molecule has 0 bridgehead atoms. The molecule has 0 unspecified atom stereocenters. The Morgan fingerprint density at radius 2 is 2.13 bits per heavy atom. The Kier molecular flexibility index (Phi) is 6.23. The van der Waals surface area contributed by atoms with E-state index in [9.17, 15) is 14.9 Å². The lowest BCUT2D eigenvalue weighted by molar-refractivity contribution is -0.385. The first-order chi connectivity index (χ1) is 14.3. The predicted octanol–water partition coefficient (Wildman–Crippen LogP) is 3.98. The summed E-state index contributed by atoms with van der Waals surface area (Å²) < 4.78 is 7.02. The van der Waals surface area contributed by atoms with Crippen LogP contribution in [0.25, 0.3) is 10.9 Å². The van der Waals surface area contributed by atoms with Crippen molar-refractivity contribution < 1.29 is 9.66 Å². The molecule has 0 saturated heterocycles. The molecule has 9 nitrogen and oxygen atoms in total. The van der Waals surface area contributed by atoms with Gasteiger partial charge in [-0.25, -0.2) is 4.98 Å². The average Bonchev–Trinajstić information content (AvgIpc) is 2.71. The van der Waals surface area contributed by atoms with Crippen LogP contribution in [0.4, 0.5) is 5.69 Å². The summed E-state index contributed by atoms with van der Waals surface area (Å²) in [6.45, 7) is 3.48. The van der Waals surface area contributed by atoms with Crippen LogP contribution in [0.2, 0.25) is 0 Å². The molecule has 2 aromatic carbocycles. The number of hydrogen-bond donors (Lipinski definition) is 0. The number of hydrogen-bond acceptors (Lipinski definition) is 7. The van der Waals surface area contributed by atoms with Crippen molar-refractivity contribution in [2.75, 3.05) is 6.61 Å². The largest absolute Gasteiger partial charge is 0.472 e. The van der Waals surface area contributed by atoms with E-state index in [1.807, 2.05) is 19.9 Å². The number of nitrogens with zero attached hydrogens (tertiary/aromatic N) is 5. The molecule has 0 aliphatic carbocycles. The first-order valence-electron chi connectivity index (χ1n) is 8.86. The van der Waals surface area contributed by atoms with Crippen molar-refractivity contribution in [1.82, 2.24) is 9.66 Å². The summed E-state index contributed by atoms with van der Waals surface area (Å²) >= 11 is 3.35. The standard InChI is InChI=1S/C20H16BrN5O4/c1-12(2)19-24-16-5-4-14(21)10-15(16)20(27)25(19)23-11-13-3-6-18(30-8-7-22)17(9-13)26(28)29/h3-6,9-12H,8H2,1-2H3. The summed E-state index contributed by atoms with van der Waals surface area (Å²) in [6.07, 6.45) is 1.35. The zero-order valence-electron chi connectivity index (χ0n) is 16.1. The molecule has 30 heavy (non-hydrogen) atoms. The molecule has 10 heteroatoms. The molecule has 3 rings (SSSR count). The van der Waals surface area contributed by atoms with Crippen molar-refractivity contribution >= 4 is 38.7 Å². The molecular weight excluding hydrogens is 454 g/mol. The van der Waals surface area contributed by atoms with Gasteiger partial charge in [-0.3, -0.25) is 14.9 Å². The maximum absolute atomic E-state index is 13.0. The zero-order valence-corrected chi connectivity index (χ0v) is 17.7. The minimum atomic E-state index is -0.606. The van der Waals surface area contributed by atoms with Gasteiger partial charge in [0.25, 0.3) is 5.56 Å². The third-order valence-electron chi connectivity index (χ3n) is 4.14. The summed E-state index contributed by atoms with van der Waals surface area (Å²) in [6, 6.07) is 11.2. The molecule has 0 amide bonds. The maximum atomic E-state index is 13.0. The van der Waals surface area contributed by atoms with Crippen molar-refractivity contribution in [3.05, 3.63) is 72.7 Å². The molecule has 0 aliphatic heterocycles. The number of nitro benzene ring substituents is 1. The molecule has 0 aliphatic rings. The Hall–Kier alpha value is -3.58. The molecular formula is C20H16BrN5O4. The summed E-state index contributed by atoms with van der Waals surface area (Å²) in [4.78, 5) is 28.3. The van der Waals surface area contributed by atoms with E-state index in [0.29, 0.717) is 22.3 Å². The number of nitriles is 1. The van der Waals surface area contributed by atoms with Gasteiger partial charge < -0.3 is 4.74 Å². The fraction of sp³-hybridized carbons (Fsp3) is 0.200. The van der Waals surface area contributed by atoms with Crippen LogP contribution in [0.5, 0.6) is 5.75 Å². The first-order valence-corrected chi connectivity index (χ1v) is 9.66. The van der Waals surface area contributed by atoms with E-state index in [1.54, 1.807) is 24.3 Å². The van der Waals surface area contributed by atoms with Crippen molar-refractivity contribution in [1.29, 1.82) is 5.26 Å². The summed E-state index contributed by atoms with van der Waals surface area (Å²) in [5, 5.41) is 24.6. The number of fused-ring (bicyclic) bond motifs is 1. The highest BCUT2D eigenvalue weighted by Crippen LogP contribution is 2.27. The van der Waals surface area contributed by atoms with E-state index >= 15 is 0 Å². The Morgan fingerprint density at radius 3 is 2.80 bits per heavy atom. The Balaban J connectivity index is 2.09. The minimum absolute atomic E-state index is 0.0176. The number of benzene rings is 2. The van der Waals surface area contributed by atoms with E-state index < -0.39 is 4.92 Å². The first kappa shape index (κ1) is 21.1. The maximum Gasteiger partial charge on any atom is 0.311 e. The lowest BCUT2D eigenvalue weighted by Crippen LogP contribution is -2.23. The van der Waals surface area contributed by atoms with Gasteiger partial charge >= 0.3 is 5.69 Å². The lowest BCUT2D eigenvalue weighted by Gasteiger charge is -2.12. The second-order valence-corrected chi connectivity index (χ2v) is 7.49. The molecule has 1 heterocycles. The van der Waals surface area contributed by atoms with Gasteiger partial charge in [-0.05, 0) is 30.3 Å². The second-order valence-electron chi connectivity index (χ2n) is 6.58. The fourth-order valence-corrected chi connectivity index (χ4v) is 3.13. The van der Waals surface area contributed by atoms with Gasteiger partial charge in [0.2, 0.25) is 0 Å². The van der Waals surface area contributed by atoms with Crippen molar-refractivity contribution in [2.45, 2.75) is 19.8 Å². The van der Waals surface area contributed by atoms with Gasteiger partial charge in [-0.2, -0.15) is 15.0 Å². The molecule has 0 saturated carbocycles. The van der Waals surface area contributed by atoms with Crippen LogP contribution >= 0.6 is 15.9 Å². The highest BCUT2D eigenvalue weighted by molar-refractivity contribution is 9.10. The number of aromatic nitrogens is 2. The van der Waals surface area contributed by atoms with E-state index in [2.05, 4.69) is 26.0 Å². The quantitative estimate of drug-likeness (QED) is 0.305. The molecule has 0 fully saturated rings. The van der Waals surface area contributed by atoms with Crippen LogP contribution in [0.15, 0.2) is 50.8 Å². The number of ether oxygens (including phenoxy) is 1. The molecule has 0 N–H and O–H groups in total. The minimum Gasteiger partial charge on any atom is -0.472 e. The third kappa shape index (κ3) is 4.36. The van der Waals surface area contributed by atoms with Crippen LogP contribution in [-0.4, -0.2) is 27.4 Å². The Morgan fingerprint density at radius 1 is 1.37 bits per heavy atom. The Labute approximate surface area is 179 Å². The second kappa shape index (κ2) is 8.84. The highest BCUT2D eigenvalue weighted by Gasteiger charge is 2.17. The predicted molar refractivity (Wildman–Crippen MR) is 115 cm³/mol. The number of halogens is 1. The topological polar surface area (TPSA) is 123 Å². The van der Waals surface area contributed by atoms with Gasteiger partial charge in [-0.15, -0.1) is 0 Å². The van der Waals surface area contributed by atoms with Crippen LogP contribution in [-0.2, 0) is 0 Å². The van der Waals surface area contributed by atoms with E-state index in [1.165, 1.54) is 23.0 Å². The van der Waals surface area contributed by atoms with Crippen molar-refractivity contribution in [2.24, 2.45) is 5.10 Å².